The van der Waals surface area contributed by atoms with Crippen molar-refractivity contribution in [1.29, 1.82) is 5.26 Å². The lowest BCUT2D eigenvalue weighted by atomic mass is 9.96. The van der Waals surface area contributed by atoms with E-state index in [0.717, 1.165) is 19.6 Å². The summed E-state index contributed by atoms with van der Waals surface area (Å²) in [6.45, 7) is 10.1. The highest BCUT2D eigenvalue weighted by Gasteiger charge is 2.23. The van der Waals surface area contributed by atoms with Crippen molar-refractivity contribution in [2.45, 2.75) is 26.9 Å². The summed E-state index contributed by atoms with van der Waals surface area (Å²) >= 11 is 0. The van der Waals surface area contributed by atoms with E-state index in [0.29, 0.717) is 12.0 Å². The van der Waals surface area contributed by atoms with E-state index in [1.54, 1.807) is 0 Å². The van der Waals surface area contributed by atoms with Crippen LogP contribution in [0.25, 0.3) is 0 Å². The fourth-order valence-corrected chi connectivity index (χ4v) is 1.60. The smallest absolute Gasteiger partial charge is 0.156 e. The number of nitrogens with zero attached hydrogens (tertiary/aromatic N) is 2. The van der Waals surface area contributed by atoms with Crippen LogP contribution in [0.15, 0.2) is 0 Å². The van der Waals surface area contributed by atoms with Crippen molar-refractivity contribution in [2.75, 3.05) is 26.2 Å². The maximum atomic E-state index is 8.71. The molecule has 3 heteroatoms. The molecule has 13 heavy (non-hydrogen) atoms. The lowest BCUT2D eigenvalue weighted by Gasteiger charge is -2.34. The molecule has 0 radical (unpaired) electrons. The molecule has 1 rings (SSSR count). The monoisotopic (exact) mass is 182 g/mol. The van der Waals surface area contributed by atoms with Gasteiger partial charge in [-0.15, -0.1) is 0 Å². The van der Waals surface area contributed by atoms with Crippen LogP contribution in [0.1, 0.15) is 20.8 Å². The molecule has 1 unspecified atom stereocenters. The third-order valence-electron chi connectivity index (χ3n) is 1.99. The van der Waals surface area contributed by atoms with Crippen LogP contribution in [0.3, 0.4) is 0 Å². The molecule has 0 bridgehead atoms. The summed E-state index contributed by atoms with van der Waals surface area (Å²) in [5.74, 6) is 0. The van der Waals surface area contributed by atoms with Crippen molar-refractivity contribution in [3.63, 3.8) is 0 Å². The zero-order valence-corrected chi connectivity index (χ0v) is 8.71. The van der Waals surface area contributed by atoms with Crippen molar-refractivity contribution in [2.24, 2.45) is 5.41 Å². The van der Waals surface area contributed by atoms with Gasteiger partial charge in [0.15, 0.2) is 6.10 Å². The quantitative estimate of drug-likeness (QED) is 0.612. The number of nitriles is 1. The number of rotatable bonds is 1. The van der Waals surface area contributed by atoms with E-state index in [4.69, 9.17) is 10.00 Å². The number of ether oxygens (including phenoxy) is 1. The Balaban J connectivity index is 2.40. The molecular weight excluding hydrogens is 164 g/mol. The van der Waals surface area contributed by atoms with Crippen molar-refractivity contribution < 1.29 is 4.74 Å². The predicted octanol–water partition coefficient (Wildman–Crippen LogP) is 1.26. The van der Waals surface area contributed by atoms with E-state index in [1.807, 2.05) is 0 Å². The van der Waals surface area contributed by atoms with Gasteiger partial charge in [0, 0.05) is 19.6 Å². The molecule has 0 aromatic carbocycles. The van der Waals surface area contributed by atoms with Crippen molar-refractivity contribution >= 4 is 0 Å². The summed E-state index contributed by atoms with van der Waals surface area (Å²) in [7, 11) is 0. The standard InChI is InChI=1S/C10H18N2O/c1-10(2,3)8-12-4-5-13-9(6-11)7-12/h9H,4-5,7-8H2,1-3H3. The fraction of sp³-hybridized carbons (Fsp3) is 0.900. The van der Waals surface area contributed by atoms with Gasteiger partial charge in [0.2, 0.25) is 0 Å². The highest BCUT2D eigenvalue weighted by atomic mass is 16.5. The summed E-state index contributed by atoms with van der Waals surface area (Å²) in [6, 6.07) is 2.16. The van der Waals surface area contributed by atoms with Gasteiger partial charge in [0.25, 0.3) is 0 Å². The van der Waals surface area contributed by atoms with Gasteiger partial charge < -0.3 is 4.74 Å². The Morgan fingerprint density at radius 3 is 2.77 bits per heavy atom. The average Bonchev–Trinajstić information content (AvgIpc) is 2.01. The van der Waals surface area contributed by atoms with Crippen molar-refractivity contribution in [1.82, 2.24) is 4.90 Å². The van der Waals surface area contributed by atoms with Crippen LogP contribution in [-0.2, 0) is 4.74 Å². The summed E-state index contributed by atoms with van der Waals surface area (Å²) in [5.41, 5.74) is 0.303. The second kappa shape index (κ2) is 4.08. The largest absolute Gasteiger partial charge is 0.361 e. The molecule has 74 valence electrons. The van der Waals surface area contributed by atoms with E-state index in [2.05, 4.69) is 31.7 Å². The molecule has 1 atom stereocenters. The molecule has 0 N–H and O–H groups in total. The second-order valence-corrected chi connectivity index (χ2v) is 4.78. The van der Waals surface area contributed by atoms with Crippen LogP contribution >= 0.6 is 0 Å². The van der Waals surface area contributed by atoms with Gasteiger partial charge in [-0.25, -0.2) is 0 Å². The minimum Gasteiger partial charge on any atom is -0.361 e. The molecule has 1 fully saturated rings. The summed E-state index contributed by atoms with van der Waals surface area (Å²) < 4.78 is 5.27. The molecular formula is C10H18N2O. The van der Waals surface area contributed by atoms with Crippen molar-refractivity contribution in [3.8, 4) is 6.07 Å². The molecule has 1 aliphatic rings. The number of hydrogen-bond acceptors (Lipinski definition) is 3. The molecule has 0 saturated carbocycles. The molecule has 0 amide bonds. The highest BCUT2D eigenvalue weighted by Crippen LogP contribution is 2.17. The first-order chi connectivity index (χ1) is 6.01. The summed E-state index contributed by atoms with van der Waals surface area (Å²) in [5, 5.41) is 8.71. The first-order valence-electron chi connectivity index (χ1n) is 4.75. The Hall–Kier alpha value is -0.590. The zero-order valence-electron chi connectivity index (χ0n) is 8.71. The van der Waals surface area contributed by atoms with Gasteiger partial charge in [0.05, 0.1) is 12.7 Å². The molecule has 0 aromatic heterocycles. The summed E-state index contributed by atoms with van der Waals surface area (Å²) in [6.07, 6.45) is -0.226. The lowest BCUT2D eigenvalue weighted by Crippen LogP contribution is -2.45. The van der Waals surface area contributed by atoms with Gasteiger partial charge >= 0.3 is 0 Å². The second-order valence-electron chi connectivity index (χ2n) is 4.78. The summed E-state index contributed by atoms with van der Waals surface area (Å²) in [4.78, 5) is 2.30. The first kappa shape index (κ1) is 10.5. The first-order valence-corrected chi connectivity index (χ1v) is 4.75. The molecule has 1 saturated heterocycles. The van der Waals surface area contributed by atoms with E-state index < -0.39 is 0 Å². The van der Waals surface area contributed by atoms with Gasteiger partial charge in [-0.1, -0.05) is 20.8 Å². The van der Waals surface area contributed by atoms with E-state index in [-0.39, 0.29) is 6.10 Å². The minimum atomic E-state index is -0.226. The molecule has 0 aromatic rings. The van der Waals surface area contributed by atoms with Gasteiger partial charge in [0.1, 0.15) is 0 Å². The number of morpholine rings is 1. The molecule has 1 aliphatic heterocycles. The van der Waals surface area contributed by atoms with Gasteiger partial charge in [-0.05, 0) is 5.41 Å². The minimum absolute atomic E-state index is 0.226. The molecule has 3 nitrogen and oxygen atoms in total. The molecule has 1 heterocycles. The normalized spacial score (nSPS) is 25.5. The topological polar surface area (TPSA) is 36.3 Å². The van der Waals surface area contributed by atoms with E-state index >= 15 is 0 Å². The molecule has 0 spiro atoms. The molecule has 0 aliphatic carbocycles. The SMILES string of the molecule is CC(C)(C)CN1CCOC(C#N)C1. The third kappa shape index (κ3) is 3.75. The van der Waals surface area contributed by atoms with Gasteiger partial charge in [-0.2, -0.15) is 5.26 Å². The highest BCUT2D eigenvalue weighted by molar-refractivity contribution is 4.89. The van der Waals surface area contributed by atoms with Crippen LogP contribution in [-0.4, -0.2) is 37.2 Å². The maximum absolute atomic E-state index is 8.71. The lowest BCUT2D eigenvalue weighted by molar-refractivity contribution is -0.0103. The Labute approximate surface area is 80.3 Å². The van der Waals surface area contributed by atoms with E-state index in [1.165, 1.54) is 0 Å². The Kier molecular flexibility index (Phi) is 3.29. The van der Waals surface area contributed by atoms with E-state index in [9.17, 15) is 0 Å². The van der Waals surface area contributed by atoms with Crippen LogP contribution < -0.4 is 0 Å². The number of hydrogen-bond donors (Lipinski definition) is 0. The average molecular weight is 182 g/mol. The van der Waals surface area contributed by atoms with Crippen LogP contribution in [0, 0.1) is 16.7 Å². The third-order valence-corrected chi connectivity index (χ3v) is 1.99. The maximum Gasteiger partial charge on any atom is 0.156 e. The predicted molar refractivity (Wildman–Crippen MR) is 51.2 cm³/mol. The zero-order chi connectivity index (χ0) is 9.90. The Morgan fingerprint density at radius 2 is 2.23 bits per heavy atom. The van der Waals surface area contributed by atoms with Crippen LogP contribution in [0.4, 0.5) is 0 Å². The van der Waals surface area contributed by atoms with Crippen LogP contribution in [0.2, 0.25) is 0 Å². The van der Waals surface area contributed by atoms with Crippen LogP contribution in [0.5, 0.6) is 0 Å². The van der Waals surface area contributed by atoms with Crippen molar-refractivity contribution in [3.05, 3.63) is 0 Å². The fourth-order valence-electron chi connectivity index (χ4n) is 1.60. The Morgan fingerprint density at radius 1 is 1.54 bits per heavy atom. The Bertz CT molecular complexity index is 202. The van der Waals surface area contributed by atoms with Gasteiger partial charge in [-0.3, -0.25) is 4.90 Å².